The van der Waals surface area contributed by atoms with Crippen molar-refractivity contribution in [2.75, 3.05) is 24.3 Å². The molecule has 3 N–H and O–H groups in total. The maximum Gasteiger partial charge on any atom is 0.296 e. The van der Waals surface area contributed by atoms with Gasteiger partial charge < -0.3 is 20.7 Å². The number of nitro groups is 1. The topological polar surface area (TPSA) is 123 Å². The number of nitrogens with zero attached hydrogens (tertiary/aromatic N) is 1. The van der Waals surface area contributed by atoms with Crippen LogP contribution in [0.3, 0.4) is 0 Å². The van der Waals surface area contributed by atoms with Crippen LogP contribution in [0.1, 0.15) is 31.1 Å². The lowest BCUT2D eigenvalue weighted by molar-refractivity contribution is -0.384. The Morgan fingerprint density at radius 2 is 1.79 bits per heavy atom. The molecule has 0 saturated carbocycles. The minimum absolute atomic E-state index is 0.0568. The average Bonchev–Trinajstić information content (AvgIpc) is 2.65. The minimum Gasteiger partial charge on any atom is -0.496 e. The molecule has 0 heterocycles. The second-order valence-corrected chi connectivity index (χ2v) is 7.29. The normalized spacial score (nSPS) is 10.8. The summed E-state index contributed by atoms with van der Waals surface area (Å²) in [6.45, 7) is 5.44. The number of anilines is 2. The number of hydrogen-bond donors (Lipinski definition) is 3. The third-order valence-corrected chi connectivity index (χ3v) is 3.78. The van der Waals surface area contributed by atoms with E-state index in [1.807, 2.05) is 20.8 Å². The van der Waals surface area contributed by atoms with E-state index >= 15 is 0 Å². The van der Waals surface area contributed by atoms with Crippen LogP contribution < -0.4 is 20.7 Å². The molecule has 0 aliphatic rings. The average molecular weight is 400 g/mol. The maximum absolute atomic E-state index is 12.5. The number of para-hydroxylation sites is 1. The number of carbonyl (C=O) groups excluding carboxylic acids is 2. The van der Waals surface area contributed by atoms with Crippen molar-refractivity contribution in [2.45, 2.75) is 26.3 Å². The van der Waals surface area contributed by atoms with Gasteiger partial charge in [-0.1, -0.05) is 12.1 Å². The van der Waals surface area contributed by atoms with Gasteiger partial charge in [0.15, 0.2) is 0 Å². The van der Waals surface area contributed by atoms with Crippen LogP contribution in [0.5, 0.6) is 5.75 Å². The Balaban J connectivity index is 2.09. The van der Waals surface area contributed by atoms with Crippen molar-refractivity contribution in [1.29, 1.82) is 0 Å². The number of carbonyl (C=O) groups is 2. The molecule has 0 radical (unpaired) electrons. The van der Waals surface area contributed by atoms with Crippen molar-refractivity contribution in [3.63, 3.8) is 0 Å². The van der Waals surface area contributed by atoms with Crippen LogP contribution in [-0.2, 0) is 4.79 Å². The van der Waals surface area contributed by atoms with Crippen LogP contribution in [0.15, 0.2) is 42.5 Å². The predicted octanol–water partition coefficient (Wildman–Crippen LogP) is 3.18. The zero-order chi connectivity index (χ0) is 21.6. The largest absolute Gasteiger partial charge is 0.496 e. The number of nitrogens with one attached hydrogen (secondary N) is 3. The molecule has 29 heavy (non-hydrogen) atoms. The molecule has 2 rings (SSSR count). The van der Waals surface area contributed by atoms with E-state index in [1.165, 1.54) is 25.3 Å². The van der Waals surface area contributed by atoms with Gasteiger partial charge in [-0.15, -0.1) is 0 Å². The Bertz CT molecular complexity index is 921. The van der Waals surface area contributed by atoms with Crippen molar-refractivity contribution in [1.82, 2.24) is 5.32 Å². The predicted molar refractivity (Wildman–Crippen MR) is 110 cm³/mol. The summed E-state index contributed by atoms with van der Waals surface area (Å²) in [5, 5.41) is 19.5. The number of hydrogen-bond acceptors (Lipinski definition) is 6. The molecule has 0 spiro atoms. The first-order valence-electron chi connectivity index (χ1n) is 8.88. The van der Waals surface area contributed by atoms with Crippen LogP contribution in [-0.4, -0.2) is 35.9 Å². The van der Waals surface area contributed by atoms with Crippen molar-refractivity contribution in [2.24, 2.45) is 0 Å². The highest BCUT2D eigenvalue weighted by Gasteiger charge is 2.19. The van der Waals surface area contributed by atoms with E-state index in [-0.39, 0.29) is 23.8 Å². The van der Waals surface area contributed by atoms with E-state index in [2.05, 4.69) is 16.0 Å². The maximum atomic E-state index is 12.5. The molecule has 9 heteroatoms. The highest BCUT2D eigenvalue weighted by Crippen LogP contribution is 2.28. The summed E-state index contributed by atoms with van der Waals surface area (Å²) in [7, 11) is 1.40. The monoisotopic (exact) mass is 400 g/mol. The molecular weight excluding hydrogens is 376 g/mol. The second-order valence-electron chi connectivity index (χ2n) is 7.29. The van der Waals surface area contributed by atoms with E-state index in [0.717, 1.165) is 0 Å². The summed E-state index contributed by atoms with van der Waals surface area (Å²) in [4.78, 5) is 35.4. The molecule has 0 unspecified atom stereocenters. The van der Waals surface area contributed by atoms with E-state index in [4.69, 9.17) is 4.74 Å². The Kier molecular flexibility index (Phi) is 6.76. The molecule has 154 valence electrons. The Labute approximate surface area is 168 Å². The molecule has 0 fully saturated rings. The van der Waals surface area contributed by atoms with Gasteiger partial charge in [-0.3, -0.25) is 19.7 Å². The van der Waals surface area contributed by atoms with Gasteiger partial charge in [0, 0.05) is 11.2 Å². The number of benzene rings is 2. The summed E-state index contributed by atoms with van der Waals surface area (Å²) in [5.74, 6) is -0.456. The number of rotatable bonds is 7. The summed E-state index contributed by atoms with van der Waals surface area (Å²) in [5.41, 5.74) is 0.248. The molecule has 9 nitrogen and oxygen atoms in total. The van der Waals surface area contributed by atoms with Gasteiger partial charge in [0.2, 0.25) is 5.91 Å². The zero-order valence-electron chi connectivity index (χ0n) is 16.7. The van der Waals surface area contributed by atoms with Crippen molar-refractivity contribution < 1.29 is 19.2 Å². The molecular formula is C20H24N4O5. The van der Waals surface area contributed by atoms with Crippen LogP contribution in [0.4, 0.5) is 17.1 Å². The molecule has 0 aliphatic heterocycles. The van der Waals surface area contributed by atoms with Crippen LogP contribution in [0.25, 0.3) is 0 Å². The van der Waals surface area contributed by atoms with Gasteiger partial charge in [0.1, 0.15) is 11.4 Å². The molecule has 2 aromatic carbocycles. The van der Waals surface area contributed by atoms with Crippen molar-refractivity contribution in [3.05, 3.63) is 58.1 Å². The second kappa shape index (κ2) is 9.05. The zero-order valence-corrected chi connectivity index (χ0v) is 16.7. The molecule has 2 amide bonds. The Morgan fingerprint density at radius 3 is 2.41 bits per heavy atom. The van der Waals surface area contributed by atoms with Gasteiger partial charge in [0.05, 0.1) is 30.2 Å². The summed E-state index contributed by atoms with van der Waals surface area (Å²) < 4.78 is 4.97. The van der Waals surface area contributed by atoms with Gasteiger partial charge in [-0.05, 0) is 45.0 Å². The van der Waals surface area contributed by atoms with Gasteiger partial charge in [-0.2, -0.15) is 0 Å². The van der Waals surface area contributed by atoms with Crippen LogP contribution >= 0.6 is 0 Å². The van der Waals surface area contributed by atoms with Crippen LogP contribution in [0, 0.1) is 10.1 Å². The number of nitro benzene ring substituents is 1. The first-order valence-corrected chi connectivity index (χ1v) is 8.88. The molecule has 2 aromatic rings. The molecule has 0 aliphatic carbocycles. The third kappa shape index (κ3) is 6.20. The first kappa shape index (κ1) is 21.7. The summed E-state index contributed by atoms with van der Waals surface area (Å²) >= 11 is 0. The fourth-order valence-electron chi connectivity index (χ4n) is 2.51. The van der Waals surface area contributed by atoms with E-state index in [0.29, 0.717) is 17.0 Å². The fourth-order valence-corrected chi connectivity index (χ4v) is 2.51. The smallest absolute Gasteiger partial charge is 0.296 e. The third-order valence-electron chi connectivity index (χ3n) is 3.78. The molecule has 0 atom stereocenters. The summed E-state index contributed by atoms with van der Waals surface area (Å²) in [6.07, 6.45) is 0. The van der Waals surface area contributed by atoms with Gasteiger partial charge in [0.25, 0.3) is 11.6 Å². The highest BCUT2D eigenvalue weighted by atomic mass is 16.6. The summed E-state index contributed by atoms with van der Waals surface area (Å²) in [6, 6.07) is 10.9. The molecule has 0 aromatic heterocycles. The Morgan fingerprint density at radius 1 is 1.10 bits per heavy atom. The lowest BCUT2D eigenvalue weighted by Gasteiger charge is -2.21. The first-order chi connectivity index (χ1) is 13.6. The van der Waals surface area contributed by atoms with Crippen LogP contribution in [0.2, 0.25) is 0 Å². The van der Waals surface area contributed by atoms with E-state index in [9.17, 15) is 19.7 Å². The van der Waals surface area contributed by atoms with Crippen molar-refractivity contribution >= 4 is 28.9 Å². The number of amides is 2. The fraction of sp³-hybridized carbons (Fsp3) is 0.300. The van der Waals surface area contributed by atoms with Gasteiger partial charge >= 0.3 is 0 Å². The molecule has 0 bridgehead atoms. The standard InChI is InChI=1S/C20H24N4O5/c1-20(2,3)23-19(26)14-7-5-6-8-15(14)21-12-18(25)22-16-10-9-13(29-4)11-17(16)24(27)28/h5-11,21H,12H2,1-4H3,(H,22,25)(H,23,26). The lowest BCUT2D eigenvalue weighted by Crippen LogP contribution is -2.40. The van der Waals surface area contributed by atoms with Crippen molar-refractivity contribution in [3.8, 4) is 5.75 Å². The quantitative estimate of drug-likeness (QED) is 0.485. The minimum atomic E-state index is -0.600. The lowest BCUT2D eigenvalue weighted by atomic mass is 10.1. The van der Waals surface area contributed by atoms with Gasteiger partial charge in [-0.25, -0.2) is 0 Å². The SMILES string of the molecule is COc1ccc(NC(=O)CNc2ccccc2C(=O)NC(C)(C)C)c([N+](=O)[O-])c1. The molecule has 0 saturated heterocycles. The number of methoxy groups -OCH3 is 1. The highest BCUT2D eigenvalue weighted by molar-refractivity contribution is 6.01. The Hall–Kier alpha value is -3.62. The van der Waals surface area contributed by atoms with E-state index in [1.54, 1.807) is 24.3 Å². The van der Waals surface area contributed by atoms with E-state index < -0.39 is 16.4 Å². The number of ether oxygens (including phenoxy) is 1.